The number of likely N-dealkylation sites (N-methyl/N-ethyl adjacent to an activating group) is 1. The van der Waals surface area contributed by atoms with Gasteiger partial charge in [0.15, 0.2) is 0 Å². The zero-order chi connectivity index (χ0) is 13.2. The van der Waals surface area contributed by atoms with Crippen molar-refractivity contribution in [1.29, 1.82) is 0 Å². The molecule has 0 aromatic heterocycles. The molecular weight excluding hydrogens is 256 g/mol. The Hall–Kier alpha value is -0.210. The zero-order valence-corrected chi connectivity index (χ0v) is 11.6. The van der Waals surface area contributed by atoms with Crippen LogP contribution in [0.5, 0.6) is 0 Å². The molecule has 0 aromatic carbocycles. The summed E-state index contributed by atoms with van der Waals surface area (Å²) in [5.41, 5.74) is -0.938. The number of hydrogen-bond donors (Lipinski definition) is 2. The molecule has 1 unspecified atom stereocenters. The highest BCUT2D eigenvalue weighted by molar-refractivity contribution is 7.89. The molecule has 0 amide bonds. The minimum absolute atomic E-state index is 0.162. The minimum atomic E-state index is -3.31. The fourth-order valence-corrected chi connectivity index (χ4v) is 4.22. The van der Waals surface area contributed by atoms with Crippen molar-refractivity contribution in [3.8, 4) is 0 Å². The van der Waals surface area contributed by atoms with Crippen molar-refractivity contribution in [2.45, 2.75) is 30.1 Å². The Labute approximate surface area is 108 Å². The van der Waals surface area contributed by atoms with Crippen LogP contribution in [0.25, 0.3) is 0 Å². The first kappa shape index (κ1) is 14.2. The van der Waals surface area contributed by atoms with Crippen LogP contribution in [-0.4, -0.2) is 68.6 Å². The summed E-state index contributed by atoms with van der Waals surface area (Å²) in [6.07, 6.45) is 1.64. The van der Waals surface area contributed by atoms with Crippen LogP contribution in [-0.2, 0) is 14.8 Å². The van der Waals surface area contributed by atoms with Crippen molar-refractivity contribution < 1.29 is 18.3 Å². The van der Waals surface area contributed by atoms with Gasteiger partial charge in [-0.15, -0.1) is 0 Å². The van der Waals surface area contributed by atoms with Gasteiger partial charge in [0.1, 0.15) is 0 Å². The van der Waals surface area contributed by atoms with Crippen LogP contribution in [0.3, 0.4) is 0 Å². The van der Waals surface area contributed by atoms with E-state index in [0.717, 1.165) is 6.54 Å². The molecule has 1 atom stereocenters. The van der Waals surface area contributed by atoms with Crippen LogP contribution in [0.15, 0.2) is 0 Å². The summed E-state index contributed by atoms with van der Waals surface area (Å²) in [4.78, 5) is 0. The molecule has 18 heavy (non-hydrogen) atoms. The molecule has 0 radical (unpaired) electrons. The summed E-state index contributed by atoms with van der Waals surface area (Å²) >= 11 is 0. The van der Waals surface area contributed by atoms with Crippen LogP contribution in [0.1, 0.15) is 19.3 Å². The van der Waals surface area contributed by atoms with Gasteiger partial charge in [0.05, 0.1) is 10.9 Å². The van der Waals surface area contributed by atoms with E-state index in [0.29, 0.717) is 39.0 Å². The topological polar surface area (TPSA) is 78.9 Å². The highest BCUT2D eigenvalue weighted by Gasteiger charge is 2.38. The van der Waals surface area contributed by atoms with Gasteiger partial charge in [0.2, 0.25) is 10.0 Å². The van der Waals surface area contributed by atoms with Gasteiger partial charge in [-0.2, -0.15) is 0 Å². The highest BCUT2D eigenvalue weighted by atomic mass is 32.2. The summed E-state index contributed by atoms with van der Waals surface area (Å²) in [6, 6.07) is 0. The summed E-state index contributed by atoms with van der Waals surface area (Å²) in [7, 11) is -1.75. The second-order valence-electron chi connectivity index (χ2n) is 5.25. The molecule has 106 valence electrons. The van der Waals surface area contributed by atoms with E-state index in [1.54, 1.807) is 7.05 Å². The van der Waals surface area contributed by atoms with Crippen molar-refractivity contribution in [2.75, 3.05) is 39.9 Å². The number of nitrogens with one attached hydrogen (secondary N) is 1. The van der Waals surface area contributed by atoms with E-state index in [-0.39, 0.29) is 11.8 Å². The Kier molecular flexibility index (Phi) is 4.28. The summed E-state index contributed by atoms with van der Waals surface area (Å²) in [5, 5.41) is 13.0. The summed E-state index contributed by atoms with van der Waals surface area (Å²) in [5.74, 6) is 0. The first-order valence-electron chi connectivity index (χ1n) is 6.40. The van der Waals surface area contributed by atoms with Gasteiger partial charge in [-0.05, 0) is 13.0 Å². The lowest BCUT2D eigenvalue weighted by Gasteiger charge is -2.35. The second kappa shape index (κ2) is 5.42. The molecule has 6 nitrogen and oxygen atoms in total. The number of ether oxygens (including phenoxy) is 1. The lowest BCUT2D eigenvalue weighted by molar-refractivity contribution is -0.0690. The smallest absolute Gasteiger partial charge is 0.218 e. The monoisotopic (exact) mass is 278 g/mol. The fraction of sp³-hybridized carbons (Fsp3) is 1.00. The molecule has 2 aliphatic heterocycles. The van der Waals surface area contributed by atoms with Gasteiger partial charge in [0, 0.05) is 46.2 Å². The van der Waals surface area contributed by atoms with E-state index in [2.05, 4.69) is 5.32 Å². The van der Waals surface area contributed by atoms with E-state index in [9.17, 15) is 13.5 Å². The van der Waals surface area contributed by atoms with E-state index < -0.39 is 15.6 Å². The molecule has 2 N–H and O–H groups in total. The van der Waals surface area contributed by atoms with Crippen LogP contribution >= 0.6 is 0 Å². The molecule has 2 saturated heterocycles. The van der Waals surface area contributed by atoms with Crippen LogP contribution in [0, 0.1) is 0 Å². The molecule has 0 saturated carbocycles. The molecule has 2 heterocycles. The standard InChI is InChI=1S/C11H22N2O4S/c1-13(9-11(14)3-6-17-7-4-11)18(15,16)10-2-5-12-8-10/h10,12,14H,2-9H2,1H3. The largest absolute Gasteiger partial charge is 0.388 e. The van der Waals surface area contributed by atoms with Crippen molar-refractivity contribution >= 4 is 10.0 Å². The molecule has 2 rings (SSSR count). The molecule has 2 fully saturated rings. The lowest BCUT2D eigenvalue weighted by atomic mass is 9.95. The first-order chi connectivity index (χ1) is 8.44. The SMILES string of the molecule is CN(CC1(O)CCOCC1)S(=O)(=O)C1CCNC1. The maximum atomic E-state index is 12.3. The van der Waals surface area contributed by atoms with Gasteiger partial charge in [-0.3, -0.25) is 0 Å². The number of aliphatic hydroxyl groups is 1. The van der Waals surface area contributed by atoms with Crippen LogP contribution in [0.4, 0.5) is 0 Å². The van der Waals surface area contributed by atoms with Crippen molar-refractivity contribution in [3.63, 3.8) is 0 Å². The van der Waals surface area contributed by atoms with Gasteiger partial charge in [0.25, 0.3) is 0 Å². The molecular formula is C11H22N2O4S. The predicted octanol–water partition coefficient (Wildman–Crippen LogP) is -0.849. The van der Waals surface area contributed by atoms with E-state index in [1.807, 2.05) is 0 Å². The van der Waals surface area contributed by atoms with Crippen LogP contribution < -0.4 is 5.32 Å². The molecule has 0 bridgehead atoms. The van der Waals surface area contributed by atoms with Gasteiger partial charge < -0.3 is 15.2 Å². The maximum Gasteiger partial charge on any atom is 0.218 e. The lowest BCUT2D eigenvalue weighted by Crippen LogP contribution is -2.49. The van der Waals surface area contributed by atoms with E-state index >= 15 is 0 Å². The zero-order valence-electron chi connectivity index (χ0n) is 10.8. The molecule has 0 aromatic rings. The van der Waals surface area contributed by atoms with Crippen molar-refractivity contribution in [1.82, 2.24) is 9.62 Å². The molecule has 0 aliphatic carbocycles. The Morgan fingerprint density at radius 2 is 2.11 bits per heavy atom. The Morgan fingerprint density at radius 3 is 2.67 bits per heavy atom. The number of hydrogen-bond acceptors (Lipinski definition) is 5. The Bertz CT molecular complexity index is 373. The third kappa shape index (κ3) is 3.03. The number of rotatable bonds is 4. The van der Waals surface area contributed by atoms with Gasteiger partial charge in [-0.25, -0.2) is 12.7 Å². The average molecular weight is 278 g/mol. The summed E-state index contributed by atoms with van der Waals surface area (Å²) in [6.45, 7) is 2.41. The Morgan fingerprint density at radius 1 is 1.44 bits per heavy atom. The third-order valence-electron chi connectivity index (χ3n) is 3.81. The van der Waals surface area contributed by atoms with E-state index in [4.69, 9.17) is 4.74 Å². The summed E-state index contributed by atoms with van der Waals surface area (Å²) < 4.78 is 31.1. The predicted molar refractivity (Wildman–Crippen MR) is 67.8 cm³/mol. The number of sulfonamides is 1. The van der Waals surface area contributed by atoms with Gasteiger partial charge >= 0.3 is 0 Å². The van der Waals surface area contributed by atoms with E-state index in [1.165, 1.54) is 4.31 Å². The fourth-order valence-electron chi connectivity index (χ4n) is 2.55. The number of nitrogens with zero attached hydrogens (tertiary/aromatic N) is 1. The molecule has 0 spiro atoms. The highest BCUT2D eigenvalue weighted by Crippen LogP contribution is 2.24. The first-order valence-corrected chi connectivity index (χ1v) is 7.90. The quantitative estimate of drug-likeness (QED) is 0.700. The third-order valence-corrected chi connectivity index (χ3v) is 6.05. The van der Waals surface area contributed by atoms with Crippen LogP contribution in [0.2, 0.25) is 0 Å². The average Bonchev–Trinajstić information content (AvgIpc) is 2.83. The van der Waals surface area contributed by atoms with Crippen molar-refractivity contribution in [2.24, 2.45) is 0 Å². The minimum Gasteiger partial charge on any atom is -0.388 e. The second-order valence-corrected chi connectivity index (χ2v) is 7.57. The Balaban J connectivity index is 1.99. The molecule has 7 heteroatoms. The maximum absolute atomic E-state index is 12.3. The molecule has 2 aliphatic rings. The normalized spacial score (nSPS) is 28.7. The van der Waals surface area contributed by atoms with Gasteiger partial charge in [-0.1, -0.05) is 0 Å². The van der Waals surface area contributed by atoms with Crippen molar-refractivity contribution in [3.05, 3.63) is 0 Å².